The molecule has 0 spiro atoms. The van der Waals surface area contributed by atoms with Crippen LogP contribution in [0.4, 0.5) is 0 Å². The van der Waals surface area contributed by atoms with Crippen molar-refractivity contribution >= 4 is 23.2 Å². The van der Waals surface area contributed by atoms with Crippen LogP contribution in [-0.4, -0.2) is 26.4 Å². The minimum Gasteiger partial charge on any atom is -0.310 e. The number of nitrogens with one attached hydrogen (secondary N) is 1. The second-order valence-corrected chi connectivity index (χ2v) is 8.09. The molecule has 0 bridgehead atoms. The van der Waals surface area contributed by atoms with Gasteiger partial charge >= 0.3 is 0 Å². The van der Waals surface area contributed by atoms with E-state index in [-0.39, 0.29) is 5.56 Å². The van der Waals surface area contributed by atoms with E-state index in [9.17, 15) is 4.79 Å². The molecule has 150 valence electrons. The molecule has 1 aliphatic heterocycles. The Morgan fingerprint density at radius 3 is 2.83 bits per heavy atom. The van der Waals surface area contributed by atoms with Gasteiger partial charge in [-0.05, 0) is 24.1 Å². The van der Waals surface area contributed by atoms with Crippen LogP contribution >= 0.6 is 23.2 Å². The first kappa shape index (κ1) is 20.1. The van der Waals surface area contributed by atoms with Gasteiger partial charge in [-0.2, -0.15) is 0 Å². The van der Waals surface area contributed by atoms with Crippen molar-refractivity contribution in [3.05, 3.63) is 79.6 Å². The quantitative estimate of drug-likeness (QED) is 0.642. The number of H-pyrrole nitrogens is 1. The molecule has 2 aromatic heterocycles. The number of aryl methyl sites for hydroxylation is 1. The van der Waals surface area contributed by atoms with Crippen molar-refractivity contribution in [3.8, 4) is 11.3 Å². The van der Waals surface area contributed by atoms with E-state index >= 15 is 0 Å². The number of nitrogens with zero attached hydrogens (tertiary/aromatic N) is 3. The van der Waals surface area contributed by atoms with Crippen LogP contribution in [0.2, 0.25) is 10.0 Å². The van der Waals surface area contributed by atoms with E-state index in [0.29, 0.717) is 16.6 Å². The van der Waals surface area contributed by atoms with Crippen LogP contribution in [0, 0.1) is 0 Å². The largest absolute Gasteiger partial charge is 0.310 e. The summed E-state index contributed by atoms with van der Waals surface area (Å²) in [4.78, 5) is 26.8. The van der Waals surface area contributed by atoms with E-state index in [1.807, 2.05) is 30.5 Å². The summed E-state index contributed by atoms with van der Waals surface area (Å²) in [6, 6.07) is 9.53. The van der Waals surface area contributed by atoms with Gasteiger partial charge in [0.1, 0.15) is 5.82 Å². The molecule has 4 rings (SSSR count). The molecule has 5 nitrogen and oxygen atoms in total. The van der Waals surface area contributed by atoms with Crippen LogP contribution in [-0.2, 0) is 25.9 Å². The Kier molecular flexibility index (Phi) is 5.99. The molecule has 0 radical (unpaired) electrons. The third-order valence-electron chi connectivity index (χ3n) is 5.14. The summed E-state index contributed by atoms with van der Waals surface area (Å²) in [5.74, 6) is 0.796. The van der Waals surface area contributed by atoms with Crippen molar-refractivity contribution in [3.63, 3.8) is 0 Å². The van der Waals surface area contributed by atoms with E-state index in [1.165, 1.54) is 0 Å². The minimum atomic E-state index is -0.00720. The Labute approximate surface area is 179 Å². The van der Waals surface area contributed by atoms with Gasteiger partial charge in [0.25, 0.3) is 5.56 Å². The van der Waals surface area contributed by atoms with Crippen LogP contribution in [0.15, 0.2) is 41.3 Å². The summed E-state index contributed by atoms with van der Waals surface area (Å²) >= 11 is 12.4. The van der Waals surface area contributed by atoms with Gasteiger partial charge in [-0.3, -0.25) is 14.7 Å². The van der Waals surface area contributed by atoms with Crippen molar-refractivity contribution in [2.24, 2.45) is 0 Å². The second-order valence-electron chi connectivity index (χ2n) is 7.30. The van der Waals surface area contributed by atoms with Crippen LogP contribution < -0.4 is 5.56 Å². The first-order valence-electron chi connectivity index (χ1n) is 9.77. The number of halogens is 2. The zero-order valence-electron chi connectivity index (χ0n) is 16.2. The maximum absolute atomic E-state index is 12.5. The zero-order valence-corrected chi connectivity index (χ0v) is 17.7. The van der Waals surface area contributed by atoms with Gasteiger partial charge in [0, 0.05) is 44.2 Å². The summed E-state index contributed by atoms with van der Waals surface area (Å²) in [6.45, 7) is 4.29. The van der Waals surface area contributed by atoms with Crippen LogP contribution in [0.25, 0.3) is 11.3 Å². The van der Waals surface area contributed by atoms with Gasteiger partial charge < -0.3 is 4.98 Å². The topological polar surface area (TPSA) is 61.9 Å². The fraction of sp³-hybridized carbons (Fsp3) is 0.318. The fourth-order valence-corrected chi connectivity index (χ4v) is 4.06. The maximum Gasteiger partial charge on any atom is 0.255 e. The summed E-state index contributed by atoms with van der Waals surface area (Å²) < 4.78 is 0. The molecule has 0 saturated heterocycles. The van der Waals surface area contributed by atoms with Crippen molar-refractivity contribution in [2.75, 3.05) is 6.54 Å². The number of hydrogen-bond donors (Lipinski definition) is 1. The lowest BCUT2D eigenvalue weighted by Gasteiger charge is -2.27. The van der Waals surface area contributed by atoms with Crippen LogP contribution in [0.3, 0.4) is 0 Å². The summed E-state index contributed by atoms with van der Waals surface area (Å²) in [6.07, 6.45) is 4.42. The Morgan fingerprint density at radius 1 is 1.21 bits per heavy atom. The fourth-order valence-electron chi connectivity index (χ4n) is 3.66. The molecule has 0 unspecified atom stereocenters. The number of rotatable bonds is 5. The average molecular weight is 429 g/mol. The SMILES string of the molecule is CCCc1nc2c(c(=O)[nH]1)CN(Cc1ccc(-c3cccc(Cl)c3Cl)nc1)CC2. The summed E-state index contributed by atoms with van der Waals surface area (Å²) in [5, 5.41) is 1.03. The van der Waals surface area contributed by atoms with E-state index < -0.39 is 0 Å². The third-order valence-corrected chi connectivity index (χ3v) is 5.96. The van der Waals surface area contributed by atoms with E-state index in [4.69, 9.17) is 23.2 Å². The molecular weight excluding hydrogens is 407 g/mol. The lowest BCUT2D eigenvalue weighted by molar-refractivity contribution is 0.241. The molecule has 0 saturated carbocycles. The number of fused-ring (bicyclic) bond motifs is 1. The van der Waals surface area contributed by atoms with Gasteiger partial charge in [-0.15, -0.1) is 0 Å². The predicted molar refractivity (Wildman–Crippen MR) is 116 cm³/mol. The van der Waals surface area contributed by atoms with Gasteiger partial charge in [0.05, 0.1) is 27.0 Å². The highest BCUT2D eigenvalue weighted by Gasteiger charge is 2.21. The maximum atomic E-state index is 12.5. The number of benzene rings is 1. The molecule has 3 aromatic rings. The standard InChI is InChI=1S/C22H22Cl2N4O/c1-2-4-20-26-19-9-10-28(13-16(19)22(29)27-20)12-14-7-8-18(25-11-14)15-5-3-6-17(23)21(15)24/h3,5-8,11H,2,4,9-10,12-13H2,1H3,(H,26,27,29). The van der Waals surface area contributed by atoms with E-state index in [1.54, 1.807) is 6.07 Å². The predicted octanol–water partition coefficient (Wildman–Crippen LogP) is 4.65. The summed E-state index contributed by atoms with van der Waals surface area (Å²) in [7, 11) is 0. The van der Waals surface area contributed by atoms with Gasteiger partial charge in [0.15, 0.2) is 0 Å². The third kappa shape index (κ3) is 4.37. The Balaban J connectivity index is 1.48. The van der Waals surface area contributed by atoms with E-state index in [0.717, 1.165) is 66.3 Å². The molecule has 0 atom stereocenters. The molecule has 29 heavy (non-hydrogen) atoms. The molecule has 0 amide bonds. The number of pyridine rings is 1. The van der Waals surface area contributed by atoms with Gasteiger partial charge in [-0.25, -0.2) is 4.98 Å². The molecule has 1 aliphatic rings. The molecule has 3 heterocycles. The van der Waals surface area contributed by atoms with Crippen LogP contribution in [0.1, 0.15) is 36.0 Å². The van der Waals surface area contributed by atoms with Crippen molar-refractivity contribution in [1.82, 2.24) is 19.9 Å². The average Bonchev–Trinajstić information content (AvgIpc) is 2.72. The zero-order chi connectivity index (χ0) is 20.4. The molecule has 1 N–H and O–H groups in total. The normalized spacial score (nSPS) is 14.0. The van der Waals surface area contributed by atoms with Crippen molar-refractivity contribution in [1.29, 1.82) is 0 Å². The first-order valence-corrected chi connectivity index (χ1v) is 10.5. The lowest BCUT2D eigenvalue weighted by Crippen LogP contribution is -2.35. The van der Waals surface area contributed by atoms with Crippen molar-refractivity contribution in [2.45, 2.75) is 39.3 Å². The number of hydrogen-bond acceptors (Lipinski definition) is 4. The highest BCUT2D eigenvalue weighted by molar-refractivity contribution is 6.43. The molecule has 0 aliphatic carbocycles. The van der Waals surface area contributed by atoms with Gasteiger partial charge in [0.2, 0.25) is 0 Å². The van der Waals surface area contributed by atoms with Crippen LogP contribution in [0.5, 0.6) is 0 Å². The minimum absolute atomic E-state index is 0.00720. The Hall–Kier alpha value is -2.21. The molecular formula is C22H22Cl2N4O. The molecule has 1 aromatic carbocycles. The number of aromatic amines is 1. The Morgan fingerprint density at radius 2 is 2.07 bits per heavy atom. The first-order chi connectivity index (χ1) is 14.0. The van der Waals surface area contributed by atoms with E-state index in [2.05, 4.69) is 26.8 Å². The second kappa shape index (κ2) is 8.66. The smallest absolute Gasteiger partial charge is 0.255 e. The summed E-state index contributed by atoms with van der Waals surface area (Å²) in [5.41, 5.74) is 4.41. The van der Waals surface area contributed by atoms with Gasteiger partial charge in [-0.1, -0.05) is 48.3 Å². The Bertz CT molecular complexity index is 1080. The highest BCUT2D eigenvalue weighted by Crippen LogP contribution is 2.32. The lowest BCUT2D eigenvalue weighted by atomic mass is 10.1. The monoisotopic (exact) mass is 428 g/mol. The highest BCUT2D eigenvalue weighted by atomic mass is 35.5. The number of aromatic nitrogens is 3. The molecule has 7 heteroatoms. The van der Waals surface area contributed by atoms with Crippen molar-refractivity contribution < 1.29 is 0 Å². The molecule has 0 fully saturated rings.